The number of unbranched alkanes of at least 4 members (excludes halogenated alkanes) is 1. The van der Waals surface area contributed by atoms with Gasteiger partial charge in [-0.25, -0.2) is 8.78 Å². The summed E-state index contributed by atoms with van der Waals surface area (Å²) in [6, 6.07) is 26.8. The number of nitrogens with zero attached hydrogens (tertiary/aromatic N) is 4. The van der Waals surface area contributed by atoms with Gasteiger partial charge in [0.25, 0.3) is 6.43 Å². The summed E-state index contributed by atoms with van der Waals surface area (Å²) in [6.07, 6.45) is 2.87. The molecule has 72 heavy (non-hydrogen) atoms. The summed E-state index contributed by atoms with van der Waals surface area (Å²) in [7, 11) is 3.94. The van der Waals surface area contributed by atoms with Crippen molar-refractivity contribution in [3.8, 4) is 11.5 Å². The summed E-state index contributed by atoms with van der Waals surface area (Å²) < 4.78 is 62.2. The van der Waals surface area contributed by atoms with Gasteiger partial charge in [0, 0.05) is 74.7 Å². The molecule has 1 unspecified atom stereocenters. The number of benzene rings is 4. The third-order valence-corrected chi connectivity index (χ3v) is 12.2. The minimum atomic E-state index is -2.74. The maximum atomic E-state index is 14.3. The van der Waals surface area contributed by atoms with Crippen molar-refractivity contribution in [1.29, 1.82) is 0 Å². The number of halogens is 3. The summed E-state index contributed by atoms with van der Waals surface area (Å²) in [5.74, 6) is 6.36. The Labute approximate surface area is 428 Å². The van der Waals surface area contributed by atoms with Gasteiger partial charge < -0.3 is 54.7 Å². The van der Waals surface area contributed by atoms with E-state index in [-0.39, 0.29) is 30.5 Å². The second-order valence-corrected chi connectivity index (χ2v) is 17.7. The molecule has 0 aliphatic carbocycles. The van der Waals surface area contributed by atoms with Crippen molar-refractivity contribution in [2.45, 2.75) is 70.0 Å². The zero-order valence-electron chi connectivity index (χ0n) is 41.7. The number of nitrogens with one attached hydrogen (secondary N) is 2. The van der Waals surface area contributed by atoms with E-state index in [4.69, 9.17) is 45.9 Å². The number of rotatable bonds is 34. The van der Waals surface area contributed by atoms with Crippen LogP contribution in [0.3, 0.4) is 0 Å². The first kappa shape index (κ1) is 57.2. The third-order valence-electron chi connectivity index (χ3n) is 11.9. The molecule has 4 aromatic carbocycles. The fourth-order valence-electron chi connectivity index (χ4n) is 7.84. The van der Waals surface area contributed by atoms with Crippen LogP contribution in [0.1, 0.15) is 73.2 Å². The second kappa shape index (κ2) is 33.1. The van der Waals surface area contributed by atoms with Gasteiger partial charge in [0.1, 0.15) is 24.1 Å². The lowest BCUT2D eigenvalue weighted by molar-refractivity contribution is -0.146. The van der Waals surface area contributed by atoms with Crippen molar-refractivity contribution in [2.24, 2.45) is 15.9 Å². The molecule has 0 saturated carbocycles. The molecule has 1 aliphatic heterocycles. The van der Waals surface area contributed by atoms with Crippen LogP contribution in [0.25, 0.3) is 0 Å². The van der Waals surface area contributed by atoms with E-state index in [1.165, 1.54) is 18.2 Å². The van der Waals surface area contributed by atoms with E-state index in [9.17, 15) is 18.4 Å². The molecular weight excluding hydrogens is 948 g/mol. The lowest BCUT2D eigenvalue weighted by atomic mass is 9.96. The molecule has 1 fully saturated rings. The largest absolute Gasteiger partial charge is 0.494 e. The molecule has 1 heterocycles. The topological polar surface area (TPSA) is 171 Å². The number of carbonyl (C=O) groups is 2. The van der Waals surface area contributed by atoms with Crippen molar-refractivity contribution in [3.05, 3.63) is 124 Å². The molecule has 0 bridgehead atoms. The first-order valence-corrected chi connectivity index (χ1v) is 25.1. The van der Waals surface area contributed by atoms with Crippen LogP contribution < -0.4 is 25.9 Å². The highest BCUT2D eigenvalue weighted by Gasteiger charge is 2.37. The van der Waals surface area contributed by atoms with Crippen LogP contribution in [-0.4, -0.2) is 139 Å². The highest BCUT2D eigenvalue weighted by atomic mass is 35.5. The van der Waals surface area contributed by atoms with Gasteiger partial charge >= 0.3 is 0 Å². The van der Waals surface area contributed by atoms with E-state index in [0.29, 0.717) is 115 Å². The molecule has 1 saturated heterocycles. The Bertz CT molecular complexity index is 2220. The van der Waals surface area contributed by atoms with Gasteiger partial charge in [0.05, 0.1) is 58.5 Å². The Morgan fingerprint density at radius 2 is 1.44 bits per heavy atom. The number of hydrogen-bond donors (Lipinski definition) is 3. The van der Waals surface area contributed by atoms with Crippen molar-refractivity contribution in [2.75, 3.05) is 105 Å². The third kappa shape index (κ3) is 21.2. The Kier molecular flexibility index (Phi) is 26.3. The number of nitrogens with two attached hydrogens (primary N) is 1. The zero-order chi connectivity index (χ0) is 51.2. The number of aryl methyl sites for hydroxylation is 1. The predicted molar refractivity (Wildman–Crippen MR) is 279 cm³/mol. The fourth-order valence-corrected chi connectivity index (χ4v) is 7.96. The van der Waals surface area contributed by atoms with Crippen LogP contribution in [0, 0.1) is 0 Å². The van der Waals surface area contributed by atoms with Crippen LogP contribution in [0.15, 0.2) is 107 Å². The summed E-state index contributed by atoms with van der Waals surface area (Å²) in [5, 5.41) is 10.4. The average Bonchev–Trinajstić information content (AvgIpc) is 3.40. The molecule has 5 rings (SSSR count). The van der Waals surface area contributed by atoms with Crippen LogP contribution >= 0.6 is 11.6 Å². The van der Waals surface area contributed by atoms with Crippen molar-refractivity contribution >= 4 is 41.0 Å². The molecule has 1 atom stereocenters. The molecule has 15 nitrogen and oxygen atoms in total. The van der Waals surface area contributed by atoms with E-state index in [0.717, 1.165) is 54.2 Å². The quantitative estimate of drug-likeness (QED) is 0.0178. The fraction of sp³-hybridized carbons (Fsp3) is 0.481. The lowest BCUT2D eigenvalue weighted by Crippen LogP contribution is -2.50. The van der Waals surface area contributed by atoms with Crippen molar-refractivity contribution < 1.29 is 46.8 Å². The smallest absolute Gasteiger partial charge is 0.263 e. The molecule has 392 valence electrons. The molecule has 0 spiro atoms. The van der Waals surface area contributed by atoms with Crippen LogP contribution in [-0.2, 0) is 41.5 Å². The summed E-state index contributed by atoms with van der Waals surface area (Å²) in [4.78, 5) is 36.6. The van der Waals surface area contributed by atoms with Gasteiger partial charge in [-0.1, -0.05) is 54.1 Å². The van der Waals surface area contributed by atoms with Crippen LogP contribution in [0.4, 0.5) is 14.5 Å². The molecular formula is C54H72ClF2N7O8. The van der Waals surface area contributed by atoms with Gasteiger partial charge in [-0.15, -0.1) is 0 Å². The lowest BCUT2D eigenvalue weighted by Gasteiger charge is -2.39. The number of likely N-dealkylation sites (N-methyl/N-ethyl adjacent to an activating group) is 1. The SMILES string of the molecule is CNc1ccc(OCCOCCN=C/C(CCOCCOCCN(C)CCCCOc2ccc(CCC(=O)N(C3CCOCC3)C(C(=O)NCc3ccc(Cl)cc3)c3cccc(C(F)F)c3)cc2)=N\N)cc1. The Morgan fingerprint density at radius 1 is 0.792 bits per heavy atom. The molecule has 18 heteroatoms. The predicted octanol–water partition coefficient (Wildman–Crippen LogP) is 8.31. The summed E-state index contributed by atoms with van der Waals surface area (Å²) in [5.41, 5.74) is 3.53. The van der Waals surface area contributed by atoms with Crippen LogP contribution in [0.5, 0.6) is 11.5 Å². The van der Waals surface area contributed by atoms with Gasteiger partial charge in [-0.3, -0.25) is 14.6 Å². The summed E-state index contributed by atoms with van der Waals surface area (Å²) in [6.45, 7) is 7.18. The van der Waals surface area contributed by atoms with E-state index in [2.05, 4.69) is 32.7 Å². The average molecular weight is 1020 g/mol. The molecule has 0 aromatic heterocycles. The first-order chi connectivity index (χ1) is 35.1. The maximum Gasteiger partial charge on any atom is 0.263 e. The number of amides is 2. The monoisotopic (exact) mass is 1020 g/mol. The van der Waals surface area contributed by atoms with Crippen LogP contribution in [0.2, 0.25) is 5.02 Å². The number of ether oxygens (including phenoxy) is 6. The molecule has 2 amide bonds. The molecule has 0 radical (unpaired) electrons. The number of hydrazone groups is 1. The van der Waals surface area contributed by atoms with Crippen molar-refractivity contribution in [3.63, 3.8) is 0 Å². The van der Waals surface area contributed by atoms with Gasteiger partial charge in [-0.05, 0) is 117 Å². The van der Waals surface area contributed by atoms with E-state index in [1.54, 1.807) is 41.4 Å². The van der Waals surface area contributed by atoms with E-state index in [1.807, 2.05) is 55.6 Å². The second-order valence-electron chi connectivity index (χ2n) is 17.2. The van der Waals surface area contributed by atoms with Gasteiger partial charge in [0.2, 0.25) is 11.8 Å². The number of hydrogen-bond acceptors (Lipinski definition) is 13. The molecule has 4 N–H and O–H groups in total. The first-order valence-electron chi connectivity index (χ1n) is 24.7. The van der Waals surface area contributed by atoms with Gasteiger partial charge in [0.15, 0.2) is 0 Å². The Hall–Kier alpha value is -5.69. The zero-order valence-corrected chi connectivity index (χ0v) is 42.4. The highest BCUT2D eigenvalue weighted by molar-refractivity contribution is 6.30. The number of aliphatic imine (C=N–C) groups is 1. The summed E-state index contributed by atoms with van der Waals surface area (Å²) >= 11 is 6.06. The van der Waals surface area contributed by atoms with E-state index >= 15 is 0 Å². The van der Waals surface area contributed by atoms with Gasteiger partial charge in [-0.2, -0.15) is 5.10 Å². The maximum absolute atomic E-state index is 14.3. The Morgan fingerprint density at radius 3 is 2.15 bits per heavy atom. The standard InChI is InChI=1S/C54H72ClF2N7O8/c1-59-46-15-19-50(20-16-46)72-37-36-69-32-25-60-40-47(62-58)22-29-68-34-35-70-33-27-63(2)26-3-4-28-71-49-17-10-41(11-18-49)12-21-51(65)64(48-23-30-67-31-24-48)52(43-6-5-7-44(38-43)53(56)57)54(66)61-39-42-8-13-45(55)14-9-42/h5-11,13-20,38,40,48,52-53,59H,3-4,12,21-37,39,58H2,1-2H3,(H,61,66)/b60-40?,62-47-. The Balaban J connectivity index is 0.936. The highest BCUT2D eigenvalue weighted by Crippen LogP contribution is 2.32. The number of carbonyl (C=O) groups excluding carboxylic acids is 2. The molecule has 4 aromatic rings. The molecule has 1 aliphatic rings. The minimum Gasteiger partial charge on any atom is -0.494 e. The van der Waals surface area contributed by atoms with E-state index < -0.39 is 18.4 Å². The number of anilines is 1. The normalized spacial score (nSPS) is 13.7. The number of alkyl halides is 2. The minimum absolute atomic E-state index is 0.117. The van der Waals surface area contributed by atoms with Crippen molar-refractivity contribution in [1.82, 2.24) is 15.1 Å².